The number of hydrogen-bond donors (Lipinski definition) is 11. The molecule has 3 saturated heterocycles. The zero-order valence-electron chi connectivity index (χ0n) is 81.6. The Hall–Kier alpha value is -13.2. The lowest BCUT2D eigenvalue weighted by molar-refractivity contribution is -0.222. The van der Waals surface area contributed by atoms with E-state index in [4.69, 9.17) is 61.6 Å². The number of ketones is 3. The monoisotopic (exact) mass is 2000 g/mol. The van der Waals surface area contributed by atoms with E-state index in [1.807, 2.05) is 0 Å². The fraction of sp³-hybridized carbons (Fsp3) is 0.674. The Bertz CT molecular complexity index is 4340. The van der Waals surface area contributed by atoms with Crippen LogP contribution in [0, 0.1) is 0 Å². The van der Waals surface area contributed by atoms with Crippen LogP contribution in [0.5, 0.6) is 5.75 Å². The van der Waals surface area contributed by atoms with E-state index in [1.54, 1.807) is 24.3 Å². The Morgan fingerprint density at radius 1 is 0.340 bits per heavy atom. The molecule has 786 valence electrons. The van der Waals surface area contributed by atoms with E-state index in [0.29, 0.717) is 24.2 Å². The molecule has 11 amide bonds. The molecule has 0 aliphatic carbocycles. The third-order valence-electron chi connectivity index (χ3n) is 21.5. The first-order valence-corrected chi connectivity index (χ1v) is 46.6. The largest absolute Gasteiger partial charge is 0.491 e. The third kappa shape index (κ3) is 47.5. The summed E-state index contributed by atoms with van der Waals surface area (Å²) in [6.45, 7) is 10.8. The highest BCUT2D eigenvalue weighted by Gasteiger charge is 2.56. The van der Waals surface area contributed by atoms with Crippen molar-refractivity contribution in [2.24, 2.45) is 0 Å². The van der Waals surface area contributed by atoms with Crippen LogP contribution < -0.4 is 57.9 Å². The van der Waals surface area contributed by atoms with Crippen LogP contribution >= 0.6 is 0 Å². The van der Waals surface area contributed by atoms with Gasteiger partial charge in [-0.2, -0.15) is 0 Å². The second-order valence-electron chi connectivity index (χ2n) is 33.6. The zero-order valence-corrected chi connectivity index (χ0v) is 81.6. The summed E-state index contributed by atoms with van der Waals surface area (Å²) in [4.78, 5) is 309. The number of Topliss-reactive ketones (excluding diaryl/α,β-unsaturated/α-hetero) is 3. The minimum atomic E-state index is -1.54. The molecule has 4 rings (SSSR count). The molecule has 16 atom stereocenters. The highest BCUT2D eigenvalue weighted by atomic mass is 16.7. The molecule has 1 aromatic carbocycles. The average molecular weight is 2000 g/mol. The van der Waals surface area contributed by atoms with Gasteiger partial charge in [0, 0.05) is 200 Å². The van der Waals surface area contributed by atoms with Crippen molar-refractivity contribution in [1.82, 2.24) is 58.1 Å². The number of amides is 11. The molecule has 0 aromatic heterocycles. The zero-order chi connectivity index (χ0) is 105. The normalized spacial score (nSPS) is 20.7. The van der Waals surface area contributed by atoms with Gasteiger partial charge in [-0.3, -0.25) is 115 Å². The maximum Gasteiger partial charge on any atom is 0.303 e. The lowest BCUT2D eigenvalue weighted by Gasteiger charge is -2.44. The maximum atomic E-state index is 14.5. The number of para-hydroxylation sites is 1. The van der Waals surface area contributed by atoms with Crippen molar-refractivity contribution in [2.75, 3.05) is 78.8 Å². The number of carboxylic acid groups (broad SMARTS) is 1. The van der Waals surface area contributed by atoms with Crippen molar-refractivity contribution in [3.05, 3.63) is 29.8 Å². The van der Waals surface area contributed by atoms with Crippen LogP contribution in [0.3, 0.4) is 0 Å². The minimum absolute atomic E-state index is 0.0332. The Kier molecular flexibility index (Phi) is 54.7. The van der Waals surface area contributed by atoms with Gasteiger partial charge in [-0.25, -0.2) is 0 Å². The number of carbonyl (C=O) groups excluding carboxylic acids is 23. The van der Waals surface area contributed by atoms with Crippen molar-refractivity contribution in [3.8, 4) is 5.75 Å². The minimum Gasteiger partial charge on any atom is -0.491 e. The molecular formula is C92H135N11O38. The highest BCUT2D eigenvalue weighted by molar-refractivity contribution is 5.91. The summed E-state index contributed by atoms with van der Waals surface area (Å²) in [6.07, 6.45) is -18.5. The van der Waals surface area contributed by atoms with Gasteiger partial charge in [0.05, 0.1) is 6.54 Å². The molecule has 15 unspecified atom stereocenters. The van der Waals surface area contributed by atoms with E-state index >= 15 is 0 Å². The molecular weight excluding hydrogens is 1870 g/mol. The van der Waals surface area contributed by atoms with E-state index in [1.165, 1.54) is 4.90 Å². The molecule has 0 spiro atoms. The number of hydrogen-bond acceptors (Lipinski definition) is 37. The molecule has 0 bridgehead atoms. The molecule has 0 radical (unpaired) electrons. The van der Waals surface area contributed by atoms with Gasteiger partial charge in [0.15, 0.2) is 54.0 Å². The number of rotatable bonds is 63. The first kappa shape index (κ1) is 120. The molecule has 49 heteroatoms. The van der Waals surface area contributed by atoms with Gasteiger partial charge >= 0.3 is 59.7 Å². The highest BCUT2D eigenvalue weighted by Crippen LogP contribution is 2.33. The molecule has 49 nitrogen and oxygen atoms in total. The number of aliphatic carboxylic acids is 1. The fourth-order valence-corrected chi connectivity index (χ4v) is 15.4. The average Bonchev–Trinajstić information content (AvgIpc) is 0.785. The molecule has 3 heterocycles. The molecule has 0 saturated carbocycles. The number of nitrogens with one attached hydrogen (secondary N) is 10. The third-order valence-corrected chi connectivity index (χ3v) is 21.5. The second-order valence-corrected chi connectivity index (χ2v) is 33.6. The lowest BCUT2D eigenvalue weighted by Crippen LogP contribution is -2.67. The van der Waals surface area contributed by atoms with Gasteiger partial charge in [-0.15, -0.1) is 0 Å². The van der Waals surface area contributed by atoms with Crippen LogP contribution in [0.15, 0.2) is 24.3 Å². The van der Waals surface area contributed by atoms with E-state index in [-0.39, 0.29) is 181 Å². The van der Waals surface area contributed by atoms with Gasteiger partial charge in [0.25, 0.3) is 0 Å². The molecule has 3 aliphatic heterocycles. The van der Waals surface area contributed by atoms with Crippen molar-refractivity contribution in [1.29, 1.82) is 0 Å². The second kappa shape index (κ2) is 64.2. The summed E-state index contributed by atoms with van der Waals surface area (Å²) in [7, 11) is 0. The first-order chi connectivity index (χ1) is 66.7. The molecule has 3 fully saturated rings. The van der Waals surface area contributed by atoms with Crippen LogP contribution in [0.2, 0.25) is 0 Å². The van der Waals surface area contributed by atoms with Crippen molar-refractivity contribution >= 4 is 142 Å². The lowest BCUT2D eigenvalue weighted by atomic mass is 9.88. The van der Waals surface area contributed by atoms with Crippen LogP contribution in [-0.4, -0.2) is 328 Å². The Balaban J connectivity index is 1.44. The van der Waals surface area contributed by atoms with E-state index in [0.717, 1.165) is 83.1 Å². The summed E-state index contributed by atoms with van der Waals surface area (Å²) >= 11 is 0. The van der Waals surface area contributed by atoms with Crippen molar-refractivity contribution < 1.29 is 182 Å². The number of esters is 9. The maximum absolute atomic E-state index is 14.5. The smallest absolute Gasteiger partial charge is 0.303 e. The number of benzene rings is 1. The van der Waals surface area contributed by atoms with E-state index < -0.39 is 266 Å². The first-order valence-electron chi connectivity index (χ1n) is 46.6. The number of ether oxygens (including phenoxy) is 13. The fourth-order valence-electron chi connectivity index (χ4n) is 15.4. The quantitative estimate of drug-likeness (QED) is 0.0205. The summed E-state index contributed by atoms with van der Waals surface area (Å²) in [5, 5.41) is 35.9. The van der Waals surface area contributed by atoms with Crippen LogP contribution in [0.4, 0.5) is 0 Å². The van der Waals surface area contributed by atoms with Gasteiger partial charge in [-0.1, -0.05) is 18.2 Å². The number of carbonyl (C=O) groups is 24. The summed E-state index contributed by atoms with van der Waals surface area (Å²) in [5.74, 6) is -16.4. The number of unbranched alkanes of at least 4 members (excludes halogenated alkanes) is 3. The van der Waals surface area contributed by atoms with Gasteiger partial charge in [0.1, 0.15) is 93.0 Å². The summed E-state index contributed by atoms with van der Waals surface area (Å²) < 4.78 is 71.8. The van der Waals surface area contributed by atoms with Gasteiger partial charge in [0.2, 0.25) is 65.0 Å². The number of nitrogens with zero attached hydrogens (tertiary/aromatic N) is 1. The van der Waals surface area contributed by atoms with Crippen molar-refractivity contribution in [2.45, 2.75) is 322 Å². The van der Waals surface area contributed by atoms with Gasteiger partial charge in [-0.05, 0) is 82.3 Å². The van der Waals surface area contributed by atoms with Crippen LogP contribution in [-0.2, 0) is 178 Å². The van der Waals surface area contributed by atoms with Crippen LogP contribution in [0.1, 0.15) is 223 Å². The number of aryl methyl sites for hydroxylation is 1. The van der Waals surface area contributed by atoms with E-state index in [9.17, 15) is 120 Å². The molecule has 1 aromatic rings. The topological polar surface area (TPSA) is 673 Å². The predicted octanol–water partition coefficient (Wildman–Crippen LogP) is -1.30. The molecule has 11 N–H and O–H groups in total. The molecule has 3 aliphatic rings. The predicted molar refractivity (Wildman–Crippen MR) is 484 cm³/mol. The summed E-state index contributed by atoms with van der Waals surface area (Å²) in [5.41, 5.74) is 0.581. The summed E-state index contributed by atoms with van der Waals surface area (Å²) in [6, 6.07) is 1.13. The van der Waals surface area contributed by atoms with Crippen LogP contribution in [0.25, 0.3) is 0 Å². The van der Waals surface area contributed by atoms with E-state index in [2.05, 4.69) is 53.2 Å². The number of carboxylic acids is 1. The van der Waals surface area contributed by atoms with Crippen molar-refractivity contribution in [3.63, 3.8) is 0 Å². The Morgan fingerprint density at radius 3 is 0.972 bits per heavy atom. The standard InChI is InChI=1S/C92H135N11O38/c1-51(104)99-80-83(139-69(48-130-54(4)107)86(133-57(7)110)89(80)136-60(10)113)65(116)25-21-32-74(121)93-39-18-15-29-72(119)96-42-45-103(46-43-97-73(120)30-16-19-40-94-75(122)33-22-26-66(117)84-81(100-52(2)105)90(137-61(11)114)87(134-58(8)111)70(140-84)49-131-55(5)108)78(125)37-36-64(92(128)98-44-47-129-68-28-14-13-24-63(68)35-38-79(126)127)102-77(124)31-17-20-41-95-76(123)34-23-27-67(118)85-82(101-53(3)106)91(138-62(12)115)88(135-59(9)112)71(141-85)50-132-56(6)109/h13-14,24,28,64,69-71,80-91H,15-23,25-27,29-50H2,1-12H3,(H,93,121)(H,94,122)(H,95,123)(H,96,119)(H,97,120)(H,98,128)(H,99,104)(H,100,105)(H,101,106)(H,102,124)(H,126,127)/t64-,69?,70?,71?,80?,81?,82?,83?,84?,85?,86?,87?,88?,89?,90?,91?/m0/s1. The Labute approximate surface area is 814 Å². The molecule has 141 heavy (non-hydrogen) atoms. The van der Waals surface area contributed by atoms with Gasteiger partial charge < -0.3 is 125 Å². The Morgan fingerprint density at radius 2 is 0.652 bits per heavy atom. The SMILES string of the molecule is CC(=O)NC1C(C(=O)CCCC(=O)NCCCCC(=O)NCCN(CCNC(=O)CCCCNC(=O)CCCC(=O)C2OC(COC(C)=O)C(OC(C)=O)C(OC(C)=O)C2NC(C)=O)C(=O)CC[C@H](NC(=O)CCCCNC(=O)CCCC(=O)C2OC(COC(C)=O)C(OC(C)=O)C(OC(C)=O)C2NC(C)=O)C(=O)NCCOc2ccccc2CCC(=O)O)OC(COC(C)=O)C(OC(C)=O)C1OC(C)=O.